The summed E-state index contributed by atoms with van der Waals surface area (Å²) in [5.74, 6) is 0.385. The van der Waals surface area contributed by atoms with Gasteiger partial charge in [0.25, 0.3) is 5.91 Å². The Morgan fingerprint density at radius 2 is 1.78 bits per heavy atom. The van der Waals surface area contributed by atoms with Crippen LogP contribution in [0.5, 0.6) is 5.75 Å². The van der Waals surface area contributed by atoms with E-state index in [9.17, 15) is 4.79 Å². The Labute approximate surface area is 152 Å². The third kappa shape index (κ3) is 4.48. The van der Waals surface area contributed by atoms with Gasteiger partial charge >= 0.3 is 0 Å². The first-order chi connectivity index (χ1) is 10.7. The quantitative estimate of drug-likeness (QED) is 0.663. The molecule has 0 radical (unpaired) electrons. The van der Waals surface area contributed by atoms with E-state index in [-0.39, 0.29) is 5.91 Å². The highest BCUT2D eigenvalue weighted by Gasteiger charge is 2.30. The molecular formula is C17H18Br2N2O2. The fourth-order valence-electron chi connectivity index (χ4n) is 2.04. The van der Waals surface area contributed by atoms with Gasteiger partial charge in [-0.25, -0.2) is 0 Å². The van der Waals surface area contributed by atoms with Crippen LogP contribution in [0.3, 0.4) is 0 Å². The zero-order valence-corrected chi connectivity index (χ0v) is 16.3. The smallest absolute Gasteiger partial charge is 0.268 e. The van der Waals surface area contributed by atoms with E-state index in [2.05, 4.69) is 37.2 Å². The van der Waals surface area contributed by atoms with Gasteiger partial charge in [-0.1, -0.05) is 15.9 Å². The van der Waals surface area contributed by atoms with Crippen LogP contribution >= 0.6 is 31.9 Å². The summed E-state index contributed by atoms with van der Waals surface area (Å²) in [6.45, 7) is 5.34. The van der Waals surface area contributed by atoms with Crippen LogP contribution in [0.2, 0.25) is 0 Å². The van der Waals surface area contributed by atoms with Crippen molar-refractivity contribution in [3.8, 4) is 5.75 Å². The second-order valence-electron chi connectivity index (χ2n) is 5.72. The minimum Gasteiger partial charge on any atom is -0.478 e. The van der Waals surface area contributed by atoms with Gasteiger partial charge in [0.15, 0.2) is 5.60 Å². The summed E-state index contributed by atoms with van der Waals surface area (Å²) in [4.78, 5) is 12.6. The van der Waals surface area contributed by atoms with Crippen LogP contribution in [0, 0.1) is 6.92 Å². The van der Waals surface area contributed by atoms with E-state index in [1.807, 2.05) is 37.3 Å². The van der Waals surface area contributed by atoms with Crippen LogP contribution in [0.4, 0.5) is 11.4 Å². The zero-order valence-electron chi connectivity index (χ0n) is 13.1. The molecule has 1 amide bonds. The van der Waals surface area contributed by atoms with Gasteiger partial charge in [0, 0.05) is 14.6 Å². The lowest BCUT2D eigenvalue weighted by Crippen LogP contribution is -2.42. The van der Waals surface area contributed by atoms with Gasteiger partial charge in [0.2, 0.25) is 0 Å². The summed E-state index contributed by atoms with van der Waals surface area (Å²) in [6.07, 6.45) is 0. The molecule has 0 atom stereocenters. The number of hydrogen-bond donors (Lipinski definition) is 2. The number of carbonyl (C=O) groups is 1. The van der Waals surface area contributed by atoms with Crippen molar-refractivity contribution in [1.29, 1.82) is 0 Å². The van der Waals surface area contributed by atoms with Crippen molar-refractivity contribution in [3.63, 3.8) is 0 Å². The number of rotatable bonds is 4. The van der Waals surface area contributed by atoms with Gasteiger partial charge in [-0.2, -0.15) is 0 Å². The molecule has 2 aromatic carbocycles. The van der Waals surface area contributed by atoms with E-state index in [0.717, 1.165) is 14.5 Å². The molecule has 0 aliphatic carbocycles. The maximum atomic E-state index is 12.6. The molecule has 0 spiro atoms. The van der Waals surface area contributed by atoms with Crippen LogP contribution in [-0.2, 0) is 4.79 Å². The summed E-state index contributed by atoms with van der Waals surface area (Å²) in [6, 6.07) is 10.9. The van der Waals surface area contributed by atoms with Crippen molar-refractivity contribution in [2.75, 3.05) is 11.1 Å². The molecule has 2 aromatic rings. The first kappa shape index (κ1) is 17.8. The minimum atomic E-state index is -1.03. The highest BCUT2D eigenvalue weighted by atomic mass is 79.9. The average molecular weight is 442 g/mol. The van der Waals surface area contributed by atoms with Gasteiger partial charge in [-0.15, -0.1) is 0 Å². The molecule has 122 valence electrons. The number of amides is 1. The van der Waals surface area contributed by atoms with Gasteiger partial charge < -0.3 is 15.8 Å². The molecule has 0 fully saturated rings. The summed E-state index contributed by atoms with van der Waals surface area (Å²) in [7, 11) is 0. The topological polar surface area (TPSA) is 64.3 Å². The molecule has 0 unspecified atom stereocenters. The lowest BCUT2D eigenvalue weighted by atomic mass is 10.1. The molecular weight excluding hydrogens is 424 g/mol. The molecule has 6 heteroatoms. The number of carbonyl (C=O) groups excluding carboxylic acids is 1. The van der Waals surface area contributed by atoms with Gasteiger partial charge in [0.05, 0.1) is 5.69 Å². The third-order valence-corrected chi connectivity index (χ3v) is 4.44. The highest BCUT2D eigenvalue weighted by Crippen LogP contribution is 2.30. The van der Waals surface area contributed by atoms with Crippen molar-refractivity contribution in [3.05, 3.63) is 50.9 Å². The lowest BCUT2D eigenvalue weighted by molar-refractivity contribution is -0.128. The largest absolute Gasteiger partial charge is 0.478 e. The van der Waals surface area contributed by atoms with Gasteiger partial charge in [-0.3, -0.25) is 4.79 Å². The minimum absolute atomic E-state index is 0.242. The van der Waals surface area contributed by atoms with Crippen LogP contribution in [0.15, 0.2) is 45.3 Å². The number of ether oxygens (including phenoxy) is 1. The molecule has 0 heterocycles. The number of anilines is 2. The number of aryl methyl sites for hydroxylation is 1. The number of benzene rings is 2. The summed E-state index contributed by atoms with van der Waals surface area (Å²) >= 11 is 6.80. The number of nitrogens with two attached hydrogens (primary N) is 1. The summed E-state index contributed by atoms with van der Waals surface area (Å²) in [5.41, 5.74) is 6.97. The van der Waals surface area contributed by atoms with Crippen LogP contribution < -0.4 is 15.8 Å². The first-order valence-electron chi connectivity index (χ1n) is 7.01. The fraction of sp³-hybridized carbons (Fsp3) is 0.235. The van der Waals surface area contributed by atoms with Crippen LogP contribution in [-0.4, -0.2) is 11.5 Å². The van der Waals surface area contributed by atoms with Crippen molar-refractivity contribution in [1.82, 2.24) is 0 Å². The highest BCUT2D eigenvalue weighted by molar-refractivity contribution is 9.10. The monoisotopic (exact) mass is 440 g/mol. The van der Waals surface area contributed by atoms with E-state index < -0.39 is 5.60 Å². The predicted molar refractivity (Wildman–Crippen MR) is 101 cm³/mol. The molecule has 0 aliphatic rings. The van der Waals surface area contributed by atoms with Crippen LogP contribution in [0.25, 0.3) is 0 Å². The third-order valence-electron chi connectivity index (χ3n) is 3.28. The summed E-state index contributed by atoms with van der Waals surface area (Å²) < 4.78 is 7.51. The Morgan fingerprint density at radius 1 is 1.17 bits per heavy atom. The Balaban J connectivity index is 2.17. The lowest BCUT2D eigenvalue weighted by Gasteiger charge is -2.26. The molecule has 3 N–H and O–H groups in total. The number of halogens is 2. The molecule has 0 saturated heterocycles. The molecule has 4 nitrogen and oxygen atoms in total. The molecule has 0 saturated carbocycles. The molecule has 0 aliphatic heterocycles. The maximum Gasteiger partial charge on any atom is 0.268 e. The molecule has 2 rings (SSSR count). The Kier molecular flexibility index (Phi) is 5.37. The number of nitrogen functional groups attached to an aromatic ring is 1. The predicted octanol–water partition coefficient (Wildman–Crippen LogP) is 4.90. The maximum absolute atomic E-state index is 12.6. The van der Waals surface area contributed by atoms with Gasteiger partial charge in [-0.05, 0) is 78.7 Å². The van der Waals surface area contributed by atoms with E-state index in [1.54, 1.807) is 19.9 Å². The second-order valence-corrected chi connectivity index (χ2v) is 7.49. The Bertz CT molecular complexity index is 705. The second kappa shape index (κ2) is 6.93. The van der Waals surface area contributed by atoms with Crippen LogP contribution in [0.1, 0.15) is 19.4 Å². The fourth-order valence-corrected chi connectivity index (χ4v) is 2.98. The van der Waals surface area contributed by atoms with Crippen molar-refractivity contribution in [2.24, 2.45) is 0 Å². The van der Waals surface area contributed by atoms with E-state index in [0.29, 0.717) is 17.1 Å². The van der Waals surface area contributed by atoms with E-state index in [4.69, 9.17) is 10.5 Å². The van der Waals surface area contributed by atoms with Crippen molar-refractivity contribution < 1.29 is 9.53 Å². The molecule has 0 aromatic heterocycles. The van der Waals surface area contributed by atoms with Gasteiger partial charge in [0.1, 0.15) is 5.75 Å². The number of hydrogen-bond acceptors (Lipinski definition) is 3. The number of nitrogens with one attached hydrogen (secondary N) is 1. The van der Waals surface area contributed by atoms with Crippen molar-refractivity contribution in [2.45, 2.75) is 26.4 Å². The first-order valence-corrected chi connectivity index (χ1v) is 8.59. The Morgan fingerprint density at radius 3 is 2.35 bits per heavy atom. The SMILES string of the molecule is Cc1cc(N)cc(Br)c1NC(=O)C(C)(C)Oc1ccc(Br)cc1. The normalized spacial score (nSPS) is 11.2. The standard InChI is InChI=1S/C17H18Br2N2O2/c1-10-8-12(20)9-14(19)15(10)21-16(22)17(2,3)23-13-6-4-11(18)5-7-13/h4-9H,20H2,1-3H3,(H,21,22). The zero-order chi connectivity index (χ0) is 17.2. The summed E-state index contributed by atoms with van der Waals surface area (Å²) in [5, 5.41) is 2.90. The molecule has 23 heavy (non-hydrogen) atoms. The average Bonchev–Trinajstić information content (AvgIpc) is 2.44. The van der Waals surface area contributed by atoms with E-state index >= 15 is 0 Å². The van der Waals surface area contributed by atoms with Crippen molar-refractivity contribution >= 4 is 49.1 Å². The molecule has 0 bridgehead atoms. The Hall–Kier alpha value is -1.53. The van der Waals surface area contributed by atoms with E-state index in [1.165, 1.54) is 0 Å².